The van der Waals surface area contributed by atoms with Crippen LogP contribution in [0.4, 0.5) is 0 Å². The molecule has 0 amide bonds. The Kier molecular flexibility index (Phi) is 3.91. The lowest BCUT2D eigenvalue weighted by molar-refractivity contribution is 0.130. The molecule has 1 saturated carbocycles. The number of nitrogens with one attached hydrogen (secondary N) is 1. The highest BCUT2D eigenvalue weighted by molar-refractivity contribution is 4.90. The predicted octanol–water partition coefficient (Wildman–Crippen LogP) is 2.64. The molecule has 16 heavy (non-hydrogen) atoms. The van der Waals surface area contributed by atoms with Gasteiger partial charge in [-0.2, -0.15) is 0 Å². The van der Waals surface area contributed by atoms with Crippen LogP contribution in [0.5, 0.6) is 0 Å². The van der Waals surface area contributed by atoms with Gasteiger partial charge in [0.1, 0.15) is 0 Å². The van der Waals surface area contributed by atoms with Crippen molar-refractivity contribution in [2.75, 3.05) is 20.1 Å². The summed E-state index contributed by atoms with van der Waals surface area (Å²) in [5, 5.41) is 3.60. The van der Waals surface area contributed by atoms with Crippen molar-refractivity contribution in [3.8, 4) is 0 Å². The molecule has 94 valence electrons. The zero-order valence-electron chi connectivity index (χ0n) is 11.3. The summed E-state index contributed by atoms with van der Waals surface area (Å²) in [6.45, 7) is 7.16. The van der Waals surface area contributed by atoms with E-state index in [-0.39, 0.29) is 0 Å². The molecule has 2 aliphatic rings. The summed E-state index contributed by atoms with van der Waals surface area (Å²) in [5.74, 6) is 1.05. The molecule has 2 nitrogen and oxygen atoms in total. The van der Waals surface area contributed by atoms with Crippen LogP contribution in [-0.4, -0.2) is 36.6 Å². The van der Waals surface area contributed by atoms with Crippen molar-refractivity contribution in [3.05, 3.63) is 0 Å². The zero-order valence-corrected chi connectivity index (χ0v) is 11.3. The van der Waals surface area contributed by atoms with Crippen molar-refractivity contribution in [1.82, 2.24) is 10.2 Å². The maximum absolute atomic E-state index is 3.60. The van der Waals surface area contributed by atoms with Crippen LogP contribution in [0.2, 0.25) is 0 Å². The van der Waals surface area contributed by atoms with Gasteiger partial charge >= 0.3 is 0 Å². The number of nitrogens with zero attached hydrogens (tertiary/aromatic N) is 1. The first-order chi connectivity index (χ1) is 7.57. The Labute approximate surface area is 101 Å². The molecular formula is C14H28N2. The summed E-state index contributed by atoms with van der Waals surface area (Å²) in [7, 11) is 2.32. The molecular weight excluding hydrogens is 196 g/mol. The van der Waals surface area contributed by atoms with Gasteiger partial charge in [-0.25, -0.2) is 0 Å². The molecule has 0 radical (unpaired) electrons. The van der Waals surface area contributed by atoms with E-state index < -0.39 is 0 Å². The van der Waals surface area contributed by atoms with Gasteiger partial charge < -0.3 is 10.2 Å². The molecule has 1 unspecified atom stereocenters. The van der Waals surface area contributed by atoms with E-state index in [1.54, 1.807) is 0 Å². The Hall–Kier alpha value is -0.0800. The molecule has 1 atom stereocenters. The minimum absolute atomic E-state index is 0.341. The lowest BCUT2D eigenvalue weighted by atomic mass is 9.82. The summed E-state index contributed by atoms with van der Waals surface area (Å²) >= 11 is 0. The largest absolute Gasteiger partial charge is 0.312 e. The third-order valence-electron chi connectivity index (χ3n) is 4.57. The van der Waals surface area contributed by atoms with E-state index in [2.05, 4.69) is 31.1 Å². The molecule has 1 aliphatic carbocycles. The Morgan fingerprint density at radius 2 is 2.00 bits per heavy atom. The van der Waals surface area contributed by atoms with Gasteiger partial charge in [-0.05, 0) is 59.2 Å². The van der Waals surface area contributed by atoms with Gasteiger partial charge in [0.15, 0.2) is 0 Å². The van der Waals surface area contributed by atoms with Crippen LogP contribution in [0.15, 0.2) is 0 Å². The second-order valence-electron chi connectivity index (χ2n) is 6.52. The summed E-state index contributed by atoms with van der Waals surface area (Å²) < 4.78 is 0. The zero-order chi connectivity index (χ0) is 11.6. The first kappa shape index (κ1) is 12.4. The molecule has 2 fully saturated rings. The van der Waals surface area contributed by atoms with Crippen molar-refractivity contribution in [2.45, 2.75) is 64.0 Å². The van der Waals surface area contributed by atoms with Crippen LogP contribution in [0.3, 0.4) is 0 Å². The highest BCUT2D eigenvalue weighted by Crippen LogP contribution is 2.30. The number of rotatable bonds is 4. The minimum Gasteiger partial charge on any atom is -0.312 e. The van der Waals surface area contributed by atoms with Crippen LogP contribution in [-0.2, 0) is 0 Å². The first-order valence-corrected chi connectivity index (χ1v) is 7.02. The van der Waals surface area contributed by atoms with Crippen molar-refractivity contribution in [3.63, 3.8) is 0 Å². The topological polar surface area (TPSA) is 15.3 Å². The van der Waals surface area contributed by atoms with Gasteiger partial charge in [0.05, 0.1) is 0 Å². The predicted molar refractivity (Wildman–Crippen MR) is 69.7 cm³/mol. The Morgan fingerprint density at radius 1 is 1.25 bits per heavy atom. The van der Waals surface area contributed by atoms with Crippen LogP contribution >= 0.6 is 0 Å². The van der Waals surface area contributed by atoms with E-state index in [1.807, 2.05) is 0 Å². The van der Waals surface area contributed by atoms with Crippen molar-refractivity contribution < 1.29 is 0 Å². The summed E-state index contributed by atoms with van der Waals surface area (Å²) in [6, 6.07) is 0.802. The van der Waals surface area contributed by atoms with E-state index in [4.69, 9.17) is 0 Å². The van der Waals surface area contributed by atoms with Gasteiger partial charge in [0, 0.05) is 11.6 Å². The average Bonchev–Trinajstić information content (AvgIpc) is 2.13. The molecule has 2 heteroatoms. The maximum Gasteiger partial charge on any atom is 0.0140 e. The Morgan fingerprint density at radius 3 is 2.56 bits per heavy atom. The molecule has 0 aromatic rings. The molecule has 0 aromatic heterocycles. The molecule has 2 rings (SSSR count). The standard InChI is InChI=1S/C14H28N2/c1-14(2)11-13(7-9-15-14)16(3)10-8-12-5-4-6-12/h12-13,15H,4-11H2,1-3H3. The van der Waals surface area contributed by atoms with Gasteiger partial charge in [0.25, 0.3) is 0 Å². The van der Waals surface area contributed by atoms with E-state index >= 15 is 0 Å². The van der Waals surface area contributed by atoms with Gasteiger partial charge in [-0.1, -0.05) is 19.3 Å². The third-order valence-corrected chi connectivity index (χ3v) is 4.57. The highest BCUT2D eigenvalue weighted by Gasteiger charge is 2.29. The van der Waals surface area contributed by atoms with Crippen molar-refractivity contribution in [2.24, 2.45) is 5.92 Å². The summed E-state index contributed by atoms with van der Waals surface area (Å²) in [4.78, 5) is 2.61. The number of hydrogen-bond donors (Lipinski definition) is 1. The normalized spacial score (nSPS) is 30.4. The molecule has 0 spiro atoms. The van der Waals surface area contributed by atoms with E-state index in [9.17, 15) is 0 Å². The molecule has 1 N–H and O–H groups in total. The van der Waals surface area contributed by atoms with E-state index in [1.165, 1.54) is 51.6 Å². The number of piperidine rings is 1. The summed E-state index contributed by atoms with van der Waals surface area (Å²) in [5.41, 5.74) is 0.341. The molecule has 1 heterocycles. The highest BCUT2D eigenvalue weighted by atomic mass is 15.1. The van der Waals surface area contributed by atoms with Crippen molar-refractivity contribution >= 4 is 0 Å². The Bertz CT molecular complexity index is 221. The van der Waals surface area contributed by atoms with Gasteiger partial charge in [-0.3, -0.25) is 0 Å². The SMILES string of the molecule is CN(CCC1CCC1)C1CCNC(C)(C)C1. The Balaban J connectivity index is 1.72. The van der Waals surface area contributed by atoms with Crippen molar-refractivity contribution in [1.29, 1.82) is 0 Å². The number of hydrogen-bond acceptors (Lipinski definition) is 2. The van der Waals surface area contributed by atoms with Crippen LogP contribution in [0.25, 0.3) is 0 Å². The smallest absolute Gasteiger partial charge is 0.0140 e. The summed E-state index contributed by atoms with van der Waals surface area (Å²) in [6.07, 6.45) is 8.52. The van der Waals surface area contributed by atoms with Crippen LogP contribution in [0.1, 0.15) is 52.4 Å². The third kappa shape index (κ3) is 3.21. The molecule has 1 saturated heterocycles. The fourth-order valence-corrected chi connectivity index (χ4v) is 3.07. The van der Waals surface area contributed by atoms with Crippen LogP contribution in [0, 0.1) is 5.92 Å². The second-order valence-corrected chi connectivity index (χ2v) is 6.52. The molecule has 0 aromatic carbocycles. The average molecular weight is 224 g/mol. The fraction of sp³-hybridized carbons (Fsp3) is 1.00. The molecule has 1 aliphatic heterocycles. The van der Waals surface area contributed by atoms with Gasteiger partial charge in [0.2, 0.25) is 0 Å². The monoisotopic (exact) mass is 224 g/mol. The maximum atomic E-state index is 3.60. The van der Waals surface area contributed by atoms with E-state index in [0.29, 0.717) is 5.54 Å². The lowest BCUT2D eigenvalue weighted by Gasteiger charge is -2.41. The second kappa shape index (κ2) is 5.05. The quantitative estimate of drug-likeness (QED) is 0.790. The van der Waals surface area contributed by atoms with Crippen LogP contribution < -0.4 is 5.32 Å². The molecule has 0 bridgehead atoms. The first-order valence-electron chi connectivity index (χ1n) is 7.02. The lowest BCUT2D eigenvalue weighted by Crippen LogP contribution is -2.52. The van der Waals surface area contributed by atoms with Gasteiger partial charge in [-0.15, -0.1) is 0 Å². The fourth-order valence-electron chi connectivity index (χ4n) is 3.07. The van der Waals surface area contributed by atoms with E-state index in [0.717, 1.165) is 12.0 Å². The minimum atomic E-state index is 0.341.